The number of hydrogen-bond donors (Lipinski definition) is 2. The first-order valence-electron chi connectivity index (χ1n) is 5.43. The third-order valence-electron chi connectivity index (χ3n) is 2.60. The van der Waals surface area contributed by atoms with Gasteiger partial charge in [-0.25, -0.2) is 13.1 Å². The lowest BCUT2D eigenvalue weighted by atomic mass is 10.1. The highest BCUT2D eigenvalue weighted by molar-refractivity contribution is 7.89. The van der Waals surface area contributed by atoms with Crippen LogP contribution >= 0.6 is 0 Å². The molecule has 6 heteroatoms. The molecule has 5 nitrogen and oxygen atoms in total. The molecule has 0 saturated heterocycles. The summed E-state index contributed by atoms with van der Waals surface area (Å²) in [5.74, 6) is 0.547. The minimum Gasteiger partial charge on any atom is -0.488 e. The van der Waals surface area contributed by atoms with E-state index in [0.29, 0.717) is 6.42 Å². The molecule has 0 spiro atoms. The number of para-hydroxylation sites is 1. The van der Waals surface area contributed by atoms with Crippen molar-refractivity contribution in [1.29, 1.82) is 0 Å². The molecule has 94 valence electrons. The summed E-state index contributed by atoms with van der Waals surface area (Å²) < 4.78 is 30.7. The molecule has 0 saturated carbocycles. The van der Waals surface area contributed by atoms with Gasteiger partial charge in [-0.15, -0.1) is 0 Å². The van der Waals surface area contributed by atoms with Gasteiger partial charge in [-0.1, -0.05) is 18.2 Å². The van der Waals surface area contributed by atoms with Crippen molar-refractivity contribution >= 4 is 10.0 Å². The minimum atomic E-state index is -3.39. The Labute approximate surface area is 100 Å². The zero-order chi connectivity index (χ0) is 12.3. The maximum atomic E-state index is 11.3. The summed E-state index contributed by atoms with van der Waals surface area (Å²) in [6, 6.07) is 7.66. The van der Waals surface area contributed by atoms with Gasteiger partial charge in [0.2, 0.25) is 10.0 Å². The van der Waals surface area contributed by atoms with E-state index < -0.39 is 10.0 Å². The SMILES string of the molecule is O=S(=O)(CCO)NCC1Cc2ccccc2O1. The molecule has 1 aliphatic rings. The zero-order valence-electron chi connectivity index (χ0n) is 9.30. The fraction of sp³-hybridized carbons (Fsp3) is 0.455. The van der Waals surface area contributed by atoms with Gasteiger partial charge in [-0.2, -0.15) is 0 Å². The lowest BCUT2D eigenvalue weighted by Crippen LogP contribution is -2.36. The number of fused-ring (bicyclic) bond motifs is 1. The van der Waals surface area contributed by atoms with Gasteiger partial charge in [-0.3, -0.25) is 0 Å². The van der Waals surface area contributed by atoms with Crippen LogP contribution in [0.15, 0.2) is 24.3 Å². The van der Waals surface area contributed by atoms with Crippen molar-refractivity contribution in [1.82, 2.24) is 4.72 Å². The Hall–Kier alpha value is -1.11. The van der Waals surface area contributed by atoms with Crippen molar-refractivity contribution in [2.75, 3.05) is 18.9 Å². The smallest absolute Gasteiger partial charge is 0.213 e. The van der Waals surface area contributed by atoms with E-state index in [9.17, 15) is 8.42 Å². The minimum absolute atomic E-state index is 0.166. The van der Waals surface area contributed by atoms with Gasteiger partial charge in [0, 0.05) is 13.0 Å². The highest BCUT2D eigenvalue weighted by Crippen LogP contribution is 2.27. The predicted octanol–water partition coefficient (Wildman–Crippen LogP) is -0.0982. The van der Waals surface area contributed by atoms with E-state index >= 15 is 0 Å². The number of benzene rings is 1. The molecule has 0 bridgehead atoms. The first-order valence-corrected chi connectivity index (χ1v) is 7.09. The van der Waals surface area contributed by atoms with E-state index in [1.54, 1.807) is 0 Å². The zero-order valence-corrected chi connectivity index (χ0v) is 10.1. The normalized spacial score (nSPS) is 18.8. The van der Waals surface area contributed by atoms with Gasteiger partial charge in [0.25, 0.3) is 0 Å². The molecule has 17 heavy (non-hydrogen) atoms. The lowest BCUT2D eigenvalue weighted by Gasteiger charge is -2.11. The van der Waals surface area contributed by atoms with Crippen LogP contribution in [0, 0.1) is 0 Å². The van der Waals surface area contributed by atoms with Crippen molar-refractivity contribution in [3.63, 3.8) is 0 Å². The molecule has 0 aromatic heterocycles. The number of rotatable bonds is 5. The molecule has 2 N–H and O–H groups in total. The number of sulfonamides is 1. The molecular weight excluding hydrogens is 242 g/mol. The van der Waals surface area contributed by atoms with E-state index in [0.717, 1.165) is 11.3 Å². The Morgan fingerprint density at radius 3 is 2.88 bits per heavy atom. The van der Waals surface area contributed by atoms with Crippen molar-refractivity contribution in [3.8, 4) is 5.75 Å². The maximum Gasteiger partial charge on any atom is 0.213 e. The first-order chi connectivity index (χ1) is 8.11. The topological polar surface area (TPSA) is 75.6 Å². The second-order valence-electron chi connectivity index (χ2n) is 3.94. The average Bonchev–Trinajstić information content (AvgIpc) is 2.69. The molecule has 0 aliphatic carbocycles. The molecule has 1 heterocycles. The van der Waals surface area contributed by atoms with E-state index in [4.69, 9.17) is 9.84 Å². The van der Waals surface area contributed by atoms with E-state index in [-0.39, 0.29) is 25.0 Å². The highest BCUT2D eigenvalue weighted by atomic mass is 32.2. The first kappa shape index (κ1) is 12.3. The summed E-state index contributed by atoms with van der Waals surface area (Å²) in [6.07, 6.45) is 0.540. The summed E-state index contributed by atoms with van der Waals surface area (Å²) >= 11 is 0. The molecule has 2 rings (SSSR count). The number of aliphatic hydroxyl groups excluding tert-OH is 1. The van der Waals surface area contributed by atoms with Crippen molar-refractivity contribution in [2.24, 2.45) is 0 Å². The largest absolute Gasteiger partial charge is 0.488 e. The molecular formula is C11H15NO4S. The standard InChI is InChI=1S/C11H15NO4S/c13-5-6-17(14,15)12-8-10-7-9-3-1-2-4-11(9)16-10/h1-4,10,12-13H,5-8H2. The summed E-state index contributed by atoms with van der Waals surface area (Å²) in [5.41, 5.74) is 1.10. The van der Waals surface area contributed by atoms with E-state index in [2.05, 4.69) is 4.72 Å². The van der Waals surface area contributed by atoms with Crippen LogP contribution in [0.3, 0.4) is 0 Å². The van der Waals surface area contributed by atoms with Gasteiger partial charge in [-0.05, 0) is 11.6 Å². The van der Waals surface area contributed by atoms with Crippen molar-refractivity contribution in [2.45, 2.75) is 12.5 Å². The summed E-state index contributed by atoms with van der Waals surface area (Å²) in [6.45, 7) is -0.141. The van der Waals surface area contributed by atoms with Crippen molar-refractivity contribution in [3.05, 3.63) is 29.8 Å². The van der Waals surface area contributed by atoms with Crippen LogP contribution in [0.2, 0.25) is 0 Å². The van der Waals surface area contributed by atoms with Crippen LogP contribution < -0.4 is 9.46 Å². The monoisotopic (exact) mass is 257 g/mol. The molecule has 1 atom stereocenters. The Morgan fingerprint density at radius 1 is 1.41 bits per heavy atom. The fourth-order valence-electron chi connectivity index (χ4n) is 1.78. The van der Waals surface area contributed by atoms with Gasteiger partial charge < -0.3 is 9.84 Å². The van der Waals surface area contributed by atoms with Gasteiger partial charge in [0.05, 0.1) is 12.4 Å². The summed E-state index contributed by atoms with van der Waals surface area (Å²) in [4.78, 5) is 0. The van der Waals surface area contributed by atoms with Gasteiger partial charge >= 0.3 is 0 Å². The Morgan fingerprint density at radius 2 is 2.18 bits per heavy atom. The maximum absolute atomic E-state index is 11.3. The van der Waals surface area contributed by atoms with Crippen LogP contribution in [0.5, 0.6) is 5.75 Å². The van der Waals surface area contributed by atoms with Gasteiger partial charge in [0.1, 0.15) is 11.9 Å². The van der Waals surface area contributed by atoms with Crippen LogP contribution in [0.25, 0.3) is 0 Å². The Balaban J connectivity index is 1.88. The molecule has 1 aromatic rings. The molecule has 0 amide bonds. The summed E-state index contributed by atoms with van der Waals surface area (Å²) in [7, 11) is -3.39. The molecule has 0 fully saturated rings. The fourth-order valence-corrected chi connectivity index (χ4v) is 2.60. The van der Waals surface area contributed by atoms with Crippen LogP contribution in [0.4, 0.5) is 0 Å². The predicted molar refractivity (Wildman–Crippen MR) is 63.4 cm³/mol. The Bertz CT molecular complexity index is 461. The number of hydrogen-bond acceptors (Lipinski definition) is 4. The van der Waals surface area contributed by atoms with Crippen LogP contribution in [0.1, 0.15) is 5.56 Å². The quantitative estimate of drug-likeness (QED) is 0.772. The second-order valence-corrected chi connectivity index (χ2v) is 5.87. The Kier molecular flexibility index (Phi) is 3.66. The number of nitrogens with one attached hydrogen (secondary N) is 1. The third-order valence-corrected chi connectivity index (χ3v) is 3.93. The number of aliphatic hydroxyl groups is 1. The van der Waals surface area contributed by atoms with Crippen LogP contribution in [-0.2, 0) is 16.4 Å². The summed E-state index contributed by atoms with van der Waals surface area (Å²) in [5, 5.41) is 8.59. The van der Waals surface area contributed by atoms with E-state index in [1.165, 1.54) is 0 Å². The molecule has 1 aromatic carbocycles. The number of ether oxygens (including phenoxy) is 1. The van der Waals surface area contributed by atoms with Gasteiger partial charge in [0.15, 0.2) is 0 Å². The van der Waals surface area contributed by atoms with Crippen molar-refractivity contribution < 1.29 is 18.3 Å². The lowest BCUT2D eigenvalue weighted by molar-refractivity contribution is 0.235. The molecule has 1 aliphatic heterocycles. The van der Waals surface area contributed by atoms with Crippen LogP contribution in [-0.4, -0.2) is 38.5 Å². The third kappa shape index (κ3) is 3.18. The molecule has 1 unspecified atom stereocenters. The van der Waals surface area contributed by atoms with E-state index in [1.807, 2.05) is 24.3 Å². The average molecular weight is 257 g/mol. The second kappa shape index (κ2) is 5.03. The molecule has 0 radical (unpaired) electrons. The highest BCUT2D eigenvalue weighted by Gasteiger charge is 2.23.